The van der Waals surface area contributed by atoms with Crippen LogP contribution in [-0.4, -0.2) is 66.7 Å². The van der Waals surface area contributed by atoms with E-state index in [2.05, 4.69) is 4.98 Å². The maximum atomic E-state index is 12.6. The lowest BCUT2D eigenvalue weighted by atomic mass is 10.0. The number of thiazole rings is 1. The highest BCUT2D eigenvalue weighted by Gasteiger charge is 2.47. The summed E-state index contributed by atoms with van der Waals surface area (Å²) < 4.78 is 22.4. The second-order valence-corrected chi connectivity index (χ2v) is 9.94. The molecule has 0 bridgehead atoms. The van der Waals surface area contributed by atoms with Crippen molar-refractivity contribution < 1.29 is 18.0 Å². The number of likely N-dealkylation sites (tertiary alicyclic amines) is 2. The Balaban J connectivity index is 1.56. The normalized spacial score (nSPS) is 23.8. The third-order valence-electron chi connectivity index (χ3n) is 4.58. The average Bonchev–Trinajstić information content (AvgIpc) is 3.15. The van der Waals surface area contributed by atoms with Gasteiger partial charge in [0.25, 0.3) is 0 Å². The van der Waals surface area contributed by atoms with E-state index in [-0.39, 0.29) is 35.8 Å². The van der Waals surface area contributed by atoms with E-state index < -0.39 is 9.84 Å². The van der Waals surface area contributed by atoms with Gasteiger partial charge in [0, 0.05) is 43.6 Å². The monoisotopic (exact) mass is 371 g/mol. The first kappa shape index (κ1) is 17.3. The zero-order chi connectivity index (χ0) is 17.5. The van der Waals surface area contributed by atoms with Crippen LogP contribution in [0.25, 0.3) is 0 Å². The van der Waals surface area contributed by atoms with Crippen LogP contribution < -0.4 is 0 Å². The van der Waals surface area contributed by atoms with Crippen molar-refractivity contribution in [3.63, 3.8) is 0 Å². The van der Waals surface area contributed by atoms with E-state index in [1.807, 2.05) is 17.2 Å². The number of nitrogens with zero attached hydrogens (tertiary/aromatic N) is 3. The summed E-state index contributed by atoms with van der Waals surface area (Å²) in [6.07, 6.45) is 1.12. The first-order chi connectivity index (χ1) is 11.2. The van der Waals surface area contributed by atoms with Crippen molar-refractivity contribution in [1.82, 2.24) is 14.8 Å². The zero-order valence-corrected chi connectivity index (χ0v) is 15.4. The summed E-state index contributed by atoms with van der Waals surface area (Å²) in [7, 11) is -3.15. The number of hydrogen-bond donors (Lipinski definition) is 0. The Bertz CT molecular complexity index is 759. The third-order valence-corrected chi connectivity index (χ3v) is 6.35. The van der Waals surface area contributed by atoms with Gasteiger partial charge < -0.3 is 9.80 Å². The molecule has 7 nitrogen and oxygen atoms in total. The highest BCUT2D eigenvalue weighted by molar-refractivity contribution is 7.90. The van der Waals surface area contributed by atoms with Gasteiger partial charge in [-0.25, -0.2) is 13.4 Å². The number of aryl methyl sites for hydroxylation is 1. The van der Waals surface area contributed by atoms with Crippen LogP contribution in [0.2, 0.25) is 0 Å². The molecule has 3 heterocycles. The molecule has 0 aromatic carbocycles. The van der Waals surface area contributed by atoms with Gasteiger partial charge in [0.05, 0.1) is 28.9 Å². The number of fused-ring (bicyclic) bond motifs is 1. The standard InChI is InChI=1S/C15H21N3O4S2/c1-10-16-12(9-23-10)7-18-6-11-5-17(8-13(11)15(18)20)14(19)3-4-24(2,21)22/h9,11,13H,3-8H2,1-2H3/t11-,13-/m0/s1. The van der Waals surface area contributed by atoms with Gasteiger partial charge in [0.2, 0.25) is 11.8 Å². The van der Waals surface area contributed by atoms with Crippen molar-refractivity contribution in [1.29, 1.82) is 0 Å². The van der Waals surface area contributed by atoms with Crippen LogP contribution >= 0.6 is 11.3 Å². The van der Waals surface area contributed by atoms with Crippen molar-refractivity contribution in [3.05, 3.63) is 16.1 Å². The van der Waals surface area contributed by atoms with Crippen molar-refractivity contribution >= 4 is 33.0 Å². The molecule has 2 aliphatic rings. The number of sulfone groups is 1. The lowest BCUT2D eigenvalue weighted by molar-refractivity contribution is -0.133. The van der Waals surface area contributed by atoms with Crippen LogP contribution in [0, 0.1) is 18.8 Å². The molecule has 0 radical (unpaired) electrons. The van der Waals surface area contributed by atoms with Gasteiger partial charge in [0.15, 0.2) is 0 Å². The Morgan fingerprint density at radius 3 is 2.71 bits per heavy atom. The molecule has 0 aliphatic carbocycles. The maximum Gasteiger partial charge on any atom is 0.228 e. The van der Waals surface area contributed by atoms with Gasteiger partial charge in [-0.2, -0.15) is 0 Å². The first-order valence-electron chi connectivity index (χ1n) is 7.88. The molecule has 0 spiro atoms. The van der Waals surface area contributed by atoms with E-state index in [1.165, 1.54) is 0 Å². The van der Waals surface area contributed by atoms with Crippen molar-refractivity contribution in [2.24, 2.45) is 11.8 Å². The van der Waals surface area contributed by atoms with E-state index in [4.69, 9.17) is 0 Å². The molecule has 3 rings (SSSR count). The Hall–Kier alpha value is -1.48. The van der Waals surface area contributed by atoms with Gasteiger partial charge >= 0.3 is 0 Å². The molecular weight excluding hydrogens is 350 g/mol. The Morgan fingerprint density at radius 2 is 2.12 bits per heavy atom. The molecule has 2 atom stereocenters. The van der Waals surface area contributed by atoms with Crippen LogP contribution in [0.15, 0.2) is 5.38 Å². The molecular formula is C15H21N3O4S2. The molecule has 1 aromatic heterocycles. The van der Waals surface area contributed by atoms with Crippen LogP contribution in [0.4, 0.5) is 0 Å². The predicted molar refractivity (Wildman–Crippen MR) is 90.2 cm³/mol. The van der Waals surface area contributed by atoms with E-state index in [1.54, 1.807) is 16.2 Å². The van der Waals surface area contributed by atoms with Gasteiger partial charge in [0.1, 0.15) is 9.84 Å². The second-order valence-electron chi connectivity index (χ2n) is 6.62. The summed E-state index contributed by atoms with van der Waals surface area (Å²) >= 11 is 1.57. The quantitative estimate of drug-likeness (QED) is 0.743. The Labute approximate surface area is 145 Å². The number of amides is 2. The molecule has 0 saturated carbocycles. The fourth-order valence-corrected chi connectivity index (χ4v) is 4.55. The largest absolute Gasteiger partial charge is 0.341 e. The molecule has 2 saturated heterocycles. The number of aromatic nitrogens is 1. The average molecular weight is 371 g/mol. The highest BCUT2D eigenvalue weighted by atomic mass is 32.2. The van der Waals surface area contributed by atoms with E-state index in [9.17, 15) is 18.0 Å². The molecule has 0 N–H and O–H groups in total. The van der Waals surface area contributed by atoms with Crippen LogP contribution in [0.1, 0.15) is 17.1 Å². The van der Waals surface area contributed by atoms with E-state index in [0.717, 1.165) is 17.0 Å². The second kappa shape index (κ2) is 6.44. The minimum absolute atomic E-state index is 0.00568. The Morgan fingerprint density at radius 1 is 1.38 bits per heavy atom. The number of carbonyl (C=O) groups excluding carboxylic acids is 2. The number of carbonyl (C=O) groups is 2. The minimum Gasteiger partial charge on any atom is -0.341 e. The molecule has 132 valence electrons. The molecule has 2 amide bonds. The smallest absolute Gasteiger partial charge is 0.228 e. The molecule has 2 aliphatic heterocycles. The summed E-state index contributed by atoms with van der Waals surface area (Å²) in [5.41, 5.74) is 0.909. The first-order valence-corrected chi connectivity index (χ1v) is 10.8. The highest BCUT2D eigenvalue weighted by Crippen LogP contribution is 2.33. The zero-order valence-electron chi connectivity index (χ0n) is 13.8. The fraction of sp³-hybridized carbons (Fsp3) is 0.667. The minimum atomic E-state index is -3.15. The summed E-state index contributed by atoms with van der Waals surface area (Å²) in [4.78, 5) is 32.5. The summed E-state index contributed by atoms with van der Waals surface area (Å²) in [6.45, 7) is 4.03. The van der Waals surface area contributed by atoms with Crippen molar-refractivity contribution in [3.8, 4) is 0 Å². The van der Waals surface area contributed by atoms with Crippen LogP contribution in [-0.2, 0) is 26.0 Å². The molecule has 1 aromatic rings. The molecule has 9 heteroatoms. The Kier molecular flexibility index (Phi) is 4.65. The fourth-order valence-electron chi connectivity index (χ4n) is 3.40. The summed E-state index contributed by atoms with van der Waals surface area (Å²) in [5, 5.41) is 2.96. The molecule has 0 unspecified atom stereocenters. The predicted octanol–water partition coefficient (Wildman–Crippen LogP) is 0.303. The van der Waals surface area contributed by atoms with E-state index in [0.29, 0.717) is 26.2 Å². The number of hydrogen-bond acceptors (Lipinski definition) is 6. The molecule has 24 heavy (non-hydrogen) atoms. The summed E-state index contributed by atoms with van der Waals surface area (Å²) in [5.74, 6) is -0.263. The van der Waals surface area contributed by atoms with Crippen LogP contribution in [0.5, 0.6) is 0 Å². The lowest BCUT2D eigenvalue weighted by Crippen LogP contribution is -2.36. The van der Waals surface area contributed by atoms with Crippen molar-refractivity contribution in [2.75, 3.05) is 31.6 Å². The summed E-state index contributed by atoms with van der Waals surface area (Å²) in [6, 6.07) is 0. The van der Waals surface area contributed by atoms with Crippen molar-refractivity contribution in [2.45, 2.75) is 19.9 Å². The SMILES string of the molecule is Cc1nc(CN2C[C@@H]3CN(C(=O)CCS(C)(=O)=O)C[C@@H]3C2=O)cs1. The van der Waals surface area contributed by atoms with Gasteiger partial charge in [-0.3, -0.25) is 9.59 Å². The van der Waals surface area contributed by atoms with Gasteiger partial charge in [-0.05, 0) is 6.92 Å². The number of rotatable bonds is 5. The molecule has 2 fully saturated rings. The van der Waals surface area contributed by atoms with E-state index >= 15 is 0 Å². The van der Waals surface area contributed by atoms with Crippen LogP contribution in [0.3, 0.4) is 0 Å². The van der Waals surface area contributed by atoms with Gasteiger partial charge in [-0.1, -0.05) is 0 Å². The third kappa shape index (κ3) is 3.77. The topological polar surface area (TPSA) is 87.7 Å². The maximum absolute atomic E-state index is 12.6. The van der Waals surface area contributed by atoms with Gasteiger partial charge in [-0.15, -0.1) is 11.3 Å². The lowest BCUT2D eigenvalue weighted by Gasteiger charge is -2.21.